The van der Waals surface area contributed by atoms with Gasteiger partial charge >= 0.3 is 0 Å². The SMILES string of the molecule is Cc1nccc(-c2ccccc2)c1C(=O)N1CCC[C@H](c2nccn2C)C1. The van der Waals surface area contributed by atoms with Crippen LogP contribution in [-0.4, -0.2) is 38.4 Å². The number of benzene rings is 1. The zero-order valence-corrected chi connectivity index (χ0v) is 15.8. The highest BCUT2D eigenvalue weighted by molar-refractivity contribution is 6.01. The van der Waals surface area contributed by atoms with E-state index in [1.807, 2.05) is 67.7 Å². The first kappa shape index (κ1) is 17.5. The van der Waals surface area contributed by atoms with Crippen LogP contribution in [0.25, 0.3) is 11.1 Å². The molecule has 27 heavy (non-hydrogen) atoms. The first-order valence-corrected chi connectivity index (χ1v) is 9.42. The summed E-state index contributed by atoms with van der Waals surface area (Å²) in [7, 11) is 2.02. The molecule has 1 atom stereocenters. The van der Waals surface area contributed by atoms with E-state index in [0.29, 0.717) is 12.1 Å². The number of amides is 1. The van der Waals surface area contributed by atoms with Gasteiger partial charge in [0, 0.05) is 44.6 Å². The van der Waals surface area contributed by atoms with Gasteiger partial charge in [0.15, 0.2) is 0 Å². The smallest absolute Gasteiger partial charge is 0.256 e. The predicted molar refractivity (Wildman–Crippen MR) is 105 cm³/mol. The van der Waals surface area contributed by atoms with Crippen LogP contribution < -0.4 is 0 Å². The molecule has 5 heteroatoms. The highest BCUT2D eigenvalue weighted by Gasteiger charge is 2.29. The minimum Gasteiger partial charge on any atom is -0.338 e. The summed E-state index contributed by atoms with van der Waals surface area (Å²) in [6.07, 6.45) is 7.63. The van der Waals surface area contributed by atoms with Crippen LogP contribution in [0.4, 0.5) is 0 Å². The maximum atomic E-state index is 13.5. The summed E-state index contributed by atoms with van der Waals surface area (Å²) in [5, 5.41) is 0. The summed E-state index contributed by atoms with van der Waals surface area (Å²) in [6.45, 7) is 3.40. The number of pyridine rings is 1. The minimum absolute atomic E-state index is 0.0679. The van der Waals surface area contributed by atoms with Crippen molar-refractivity contribution in [2.45, 2.75) is 25.7 Å². The van der Waals surface area contributed by atoms with Crippen LogP contribution >= 0.6 is 0 Å². The number of piperidine rings is 1. The number of hydrogen-bond acceptors (Lipinski definition) is 3. The van der Waals surface area contributed by atoms with E-state index in [4.69, 9.17) is 0 Å². The molecule has 1 aliphatic rings. The van der Waals surface area contributed by atoms with Gasteiger partial charge in [-0.3, -0.25) is 9.78 Å². The van der Waals surface area contributed by atoms with Gasteiger partial charge in [-0.25, -0.2) is 4.98 Å². The summed E-state index contributed by atoms with van der Waals surface area (Å²) in [5.74, 6) is 1.40. The van der Waals surface area contributed by atoms with Crippen LogP contribution in [0.3, 0.4) is 0 Å². The van der Waals surface area contributed by atoms with Gasteiger partial charge in [-0.05, 0) is 37.0 Å². The summed E-state index contributed by atoms with van der Waals surface area (Å²) in [4.78, 5) is 24.3. The number of carbonyl (C=O) groups is 1. The van der Waals surface area contributed by atoms with E-state index in [1.54, 1.807) is 6.20 Å². The molecular formula is C22H24N4O. The lowest BCUT2D eigenvalue weighted by atomic mass is 9.94. The molecule has 1 amide bonds. The maximum Gasteiger partial charge on any atom is 0.256 e. The molecule has 2 aromatic heterocycles. The van der Waals surface area contributed by atoms with E-state index in [0.717, 1.165) is 42.0 Å². The molecule has 3 aromatic rings. The fourth-order valence-electron chi connectivity index (χ4n) is 4.00. The van der Waals surface area contributed by atoms with Crippen molar-refractivity contribution in [2.24, 2.45) is 7.05 Å². The zero-order valence-electron chi connectivity index (χ0n) is 15.8. The van der Waals surface area contributed by atoms with Crippen molar-refractivity contribution in [2.75, 3.05) is 13.1 Å². The van der Waals surface area contributed by atoms with E-state index < -0.39 is 0 Å². The molecule has 0 saturated carbocycles. The summed E-state index contributed by atoms with van der Waals surface area (Å²) >= 11 is 0. The van der Waals surface area contributed by atoms with E-state index in [-0.39, 0.29) is 11.8 Å². The molecule has 0 N–H and O–H groups in total. The Morgan fingerprint density at radius 3 is 2.67 bits per heavy atom. The molecule has 1 aromatic carbocycles. The maximum absolute atomic E-state index is 13.5. The van der Waals surface area contributed by atoms with Gasteiger partial charge in [0.2, 0.25) is 0 Å². The highest BCUT2D eigenvalue weighted by atomic mass is 16.2. The lowest BCUT2D eigenvalue weighted by Gasteiger charge is -2.33. The monoisotopic (exact) mass is 360 g/mol. The zero-order chi connectivity index (χ0) is 18.8. The van der Waals surface area contributed by atoms with Crippen molar-refractivity contribution < 1.29 is 4.79 Å². The molecule has 0 unspecified atom stereocenters. The second-order valence-electron chi connectivity index (χ2n) is 7.17. The van der Waals surface area contributed by atoms with Crippen LogP contribution in [0.5, 0.6) is 0 Å². The third-order valence-corrected chi connectivity index (χ3v) is 5.37. The second-order valence-corrected chi connectivity index (χ2v) is 7.17. The number of imidazole rings is 1. The Hall–Kier alpha value is -2.95. The molecule has 0 aliphatic carbocycles. The predicted octanol–water partition coefficient (Wildman–Crippen LogP) is 3.81. The van der Waals surface area contributed by atoms with E-state index in [2.05, 4.69) is 14.5 Å². The van der Waals surface area contributed by atoms with E-state index in [1.165, 1.54) is 0 Å². The third-order valence-electron chi connectivity index (χ3n) is 5.37. The van der Waals surface area contributed by atoms with Gasteiger partial charge in [-0.1, -0.05) is 30.3 Å². The lowest BCUT2D eigenvalue weighted by molar-refractivity contribution is 0.0703. The van der Waals surface area contributed by atoms with Gasteiger partial charge in [0.05, 0.1) is 11.3 Å². The topological polar surface area (TPSA) is 51.0 Å². The Balaban J connectivity index is 1.66. The third kappa shape index (κ3) is 3.37. The van der Waals surface area contributed by atoms with Crippen LogP contribution in [0.2, 0.25) is 0 Å². The van der Waals surface area contributed by atoms with Gasteiger partial charge in [-0.2, -0.15) is 0 Å². The van der Waals surface area contributed by atoms with Gasteiger partial charge in [0.1, 0.15) is 5.82 Å². The molecule has 138 valence electrons. The largest absolute Gasteiger partial charge is 0.338 e. The molecule has 3 heterocycles. The van der Waals surface area contributed by atoms with Gasteiger partial charge in [0.25, 0.3) is 5.91 Å². The van der Waals surface area contributed by atoms with Crippen molar-refractivity contribution in [3.8, 4) is 11.1 Å². The number of likely N-dealkylation sites (tertiary alicyclic amines) is 1. The molecule has 0 radical (unpaired) electrons. The first-order chi connectivity index (χ1) is 13.1. The Labute approximate surface area is 159 Å². The van der Waals surface area contributed by atoms with Crippen molar-refractivity contribution in [3.63, 3.8) is 0 Å². The van der Waals surface area contributed by atoms with E-state index >= 15 is 0 Å². The molecule has 1 saturated heterocycles. The van der Waals surface area contributed by atoms with Gasteiger partial charge in [-0.15, -0.1) is 0 Å². The summed E-state index contributed by atoms with van der Waals surface area (Å²) < 4.78 is 2.06. The second kappa shape index (κ2) is 7.35. The first-order valence-electron chi connectivity index (χ1n) is 9.42. The van der Waals surface area contributed by atoms with Crippen molar-refractivity contribution in [3.05, 3.63) is 72.1 Å². The Bertz CT molecular complexity index is 948. The molecule has 1 fully saturated rings. The fourth-order valence-corrected chi connectivity index (χ4v) is 4.00. The van der Waals surface area contributed by atoms with Crippen LogP contribution in [0.15, 0.2) is 55.0 Å². The van der Waals surface area contributed by atoms with Crippen molar-refractivity contribution in [1.29, 1.82) is 0 Å². The number of hydrogen-bond donors (Lipinski definition) is 0. The Morgan fingerprint density at radius 1 is 1.11 bits per heavy atom. The Morgan fingerprint density at radius 2 is 1.93 bits per heavy atom. The average molecular weight is 360 g/mol. The molecule has 0 bridgehead atoms. The molecule has 4 rings (SSSR count). The number of rotatable bonds is 3. The van der Waals surface area contributed by atoms with Crippen LogP contribution in [-0.2, 0) is 7.05 Å². The standard InChI is InChI=1S/C22H24N4O/c1-16-20(19(10-11-23-16)17-7-4-3-5-8-17)22(27)26-13-6-9-18(15-26)21-24-12-14-25(21)2/h3-5,7-8,10-12,14,18H,6,9,13,15H2,1-2H3/t18-/m0/s1. The average Bonchev–Trinajstić information content (AvgIpc) is 3.14. The minimum atomic E-state index is 0.0679. The van der Waals surface area contributed by atoms with Crippen LogP contribution in [0.1, 0.15) is 40.6 Å². The lowest BCUT2D eigenvalue weighted by Crippen LogP contribution is -2.40. The van der Waals surface area contributed by atoms with Gasteiger partial charge < -0.3 is 9.47 Å². The molecular weight excluding hydrogens is 336 g/mol. The number of aryl methyl sites for hydroxylation is 2. The highest BCUT2D eigenvalue weighted by Crippen LogP contribution is 2.30. The fraction of sp³-hybridized carbons (Fsp3) is 0.318. The Kier molecular flexibility index (Phi) is 4.75. The molecule has 5 nitrogen and oxygen atoms in total. The van der Waals surface area contributed by atoms with Crippen molar-refractivity contribution >= 4 is 5.91 Å². The summed E-state index contributed by atoms with van der Waals surface area (Å²) in [6, 6.07) is 12.0. The molecule has 0 spiro atoms. The van der Waals surface area contributed by atoms with E-state index in [9.17, 15) is 4.79 Å². The number of aromatic nitrogens is 3. The van der Waals surface area contributed by atoms with Crippen LogP contribution in [0, 0.1) is 6.92 Å². The normalized spacial score (nSPS) is 17.1. The quantitative estimate of drug-likeness (QED) is 0.714. The number of nitrogens with zero attached hydrogens (tertiary/aromatic N) is 4. The summed E-state index contributed by atoms with van der Waals surface area (Å²) in [5.41, 5.74) is 3.49. The van der Waals surface area contributed by atoms with Crippen molar-refractivity contribution in [1.82, 2.24) is 19.4 Å². The number of carbonyl (C=O) groups excluding carboxylic acids is 1. The molecule has 1 aliphatic heterocycles.